The van der Waals surface area contributed by atoms with Crippen LogP contribution < -0.4 is 4.74 Å². The minimum atomic E-state index is 0.341. The van der Waals surface area contributed by atoms with E-state index >= 15 is 0 Å². The Bertz CT molecular complexity index is 682. The van der Waals surface area contributed by atoms with Gasteiger partial charge in [0.2, 0.25) is 0 Å². The first-order valence-electron chi connectivity index (χ1n) is 5.02. The third-order valence-electron chi connectivity index (χ3n) is 2.20. The molecule has 0 saturated carbocycles. The zero-order chi connectivity index (χ0) is 14.0. The van der Waals surface area contributed by atoms with Crippen molar-refractivity contribution in [2.24, 2.45) is 0 Å². The largest absolute Gasteiger partial charge is 0.456 e. The van der Waals surface area contributed by atoms with Gasteiger partial charge in [-0.05, 0) is 24.3 Å². The summed E-state index contributed by atoms with van der Waals surface area (Å²) in [5.41, 5.74) is 0.473. The highest BCUT2D eigenvalue weighted by molar-refractivity contribution is 9.10. The van der Waals surface area contributed by atoms with Gasteiger partial charge in [-0.15, -0.1) is 0 Å². The van der Waals surface area contributed by atoms with Crippen molar-refractivity contribution in [3.63, 3.8) is 0 Å². The summed E-state index contributed by atoms with van der Waals surface area (Å²) in [5, 5.41) is 9.93. The highest BCUT2D eigenvalue weighted by atomic mass is 79.9. The van der Waals surface area contributed by atoms with E-state index in [1.165, 1.54) is 12.1 Å². The van der Waals surface area contributed by atoms with E-state index < -0.39 is 0 Å². The van der Waals surface area contributed by atoms with E-state index in [1.807, 2.05) is 6.07 Å². The predicted molar refractivity (Wildman–Crippen MR) is 80.4 cm³/mol. The zero-order valence-corrected chi connectivity index (χ0v) is 13.1. The maximum Gasteiger partial charge on any atom is 0.147 e. The van der Waals surface area contributed by atoms with Crippen molar-refractivity contribution in [3.05, 3.63) is 55.4 Å². The maximum atomic E-state index is 8.90. The van der Waals surface area contributed by atoms with Crippen LogP contribution in [0.4, 0.5) is 0 Å². The van der Waals surface area contributed by atoms with Crippen LogP contribution in [0, 0.1) is 11.3 Å². The number of benzene rings is 2. The van der Waals surface area contributed by atoms with Gasteiger partial charge in [0, 0.05) is 10.5 Å². The van der Waals surface area contributed by atoms with Gasteiger partial charge in [-0.2, -0.15) is 5.26 Å². The summed E-state index contributed by atoms with van der Waals surface area (Å²) >= 11 is 21.1. The van der Waals surface area contributed by atoms with Gasteiger partial charge in [-0.1, -0.05) is 50.7 Å². The summed E-state index contributed by atoms with van der Waals surface area (Å²) in [4.78, 5) is 0. The molecule has 0 fully saturated rings. The molecule has 0 bridgehead atoms. The van der Waals surface area contributed by atoms with Crippen LogP contribution in [0.25, 0.3) is 0 Å². The van der Waals surface area contributed by atoms with Crippen molar-refractivity contribution < 1.29 is 4.74 Å². The molecule has 0 N–H and O–H groups in total. The molecule has 2 aromatic rings. The van der Waals surface area contributed by atoms with E-state index in [4.69, 9.17) is 44.8 Å². The van der Waals surface area contributed by atoms with Crippen LogP contribution in [-0.4, -0.2) is 0 Å². The van der Waals surface area contributed by atoms with Crippen molar-refractivity contribution in [1.29, 1.82) is 5.26 Å². The van der Waals surface area contributed by atoms with E-state index in [-0.39, 0.29) is 0 Å². The molecule has 0 heterocycles. The molecule has 0 aromatic heterocycles. The number of nitrogens with zero attached hydrogens (tertiary/aromatic N) is 1. The first kappa shape index (κ1) is 14.5. The van der Waals surface area contributed by atoms with Crippen molar-refractivity contribution in [3.8, 4) is 17.6 Å². The highest BCUT2D eigenvalue weighted by Crippen LogP contribution is 2.37. The highest BCUT2D eigenvalue weighted by Gasteiger charge is 2.09. The molecular weight excluding hydrogens is 372 g/mol. The van der Waals surface area contributed by atoms with Gasteiger partial charge in [0.05, 0.1) is 26.7 Å². The second-order valence-electron chi connectivity index (χ2n) is 3.59. The van der Waals surface area contributed by atoms with Crippen LogP contribution in [0.2, 0.25) is 15.1 Å². The fourth-order valence-corrected chi connectivity index (χ4v) is 2.44. The molecule has 0 aliphatic heterocycles. The van der Waals surface area contributed by atoms with Gasteiger partial charge >= 0.3 is 0 Å². The normalized spacial score (nSPS) is 10.1. The lowest BCUT2D eigenvalue weighted by atomic mass is 10.2. The topological polar surface area (TPSA) is 33.0 Å². The number of hydrogen-bond acceptors (Lipinski definition) is 2. The molecule has 2 aromatic carbocycles. The van der Waals surface area contributed by atoms with Crippen molar-refractivity contribution in [1.82, 2.24) is 0 Å². The molecule has 0 aliphatic carbocycles. The number of ether oxygens (including phenoxy) is 1. The summed E-state index contributed by atoms with van der Waals surface area (Å²) in [5.74, 6) is 0.851. The van der Waals surface area contributed by atoms with Gasteiger partial charge in [-0.25, -0.2) is 0 Å². The number of hydrogen-bond donors (Lipinski definition) is 0. The molecule has 0 spiro atoms. The summed E-state index contributed by atoms with van der Waals surface area (Å²) in [7, 11) is 0. The van der Waals surface area contributed by atoms with E-state index in [0.29, 0.717) is 32.1 Å². The number of halogens is 4. The van der Waals surface area contributed by atoms with E-state index in [2.05, 4.69) is 15.9 Å². The fourth-order valence-electron chi connectivity index (χ4n) is 1.40. The lowest BCUT2D eigenvalue weighted by Crippen LogP contribution is -1.87. The average Bonchev–Trinajstić information content (AvgIpc) is 2.35. The minimum Gasteiger partial charge on any atom is -0.456 e. The summed E-state index contributed by atoms with van der Waals surface area (Å²) in [6.45, 7) is 0. The molecule has 0 amide bonds. The quantitative estimate of drug-likeness (QED) is 0.595. The average molecular weight is 377 g/mol. The Morgan fingerprint density at radius 2 is 1.63 bits per heavy atom. The molecule has 2 rings (SSSR count). The second kappa shape index (κ2) is 6.02. The van der Waals surface area contributed by atoms with Crippen LogP contribution >= 0.6 is 50.7 Å². The standard InChI is InChI=1S/C13H5BrCl3NO/c14-8-1-7(6-18)2-9(3-8)19-13-5-11(16)10(15)4-12(13)17/h1-5H. The van der Waals surface area contributed by atoms with E-state index in [9.17, 15) is 0 Å². The van der Waals surface area contributed by atoms with Crippen molar-refractivity contribution in [2.45, 2.75) is 0 Å². The first-order chi connectivity index (χ1) is 8.99. The van der Waals surface area contributed by atoms with Crippen LogP contribution in [0.15, 0.2) is 34.8 Å². The van der Waals surface area contributed by atoms with E-state index in [1.54, 1.807) is 18.2 Å². The third-order valence-corrected chi connectivity index (χ3v) is 3.68. The van der Waals surface area contributed by atoms with Crippen molar-refractivity contribution >= 4 is 50.7 Å². The zero-order valence-electron chi connectivity index (χ0n) is 9.25. The Morgan fingerprint density at radius 3 is 2.32 bits per heavy atom. The maximum absolute atomic E-state index is 8.90. The summed E-state index contributed by atoms with van der Waals surface area (Å²) < 4.78 is 6.35. The lowest BCUT2D eigenvalue weighted by molar-refractivity contribution is 0.482. The van der Waals surface area contributed by atoms with Gasteiger partial charge < -0.3 is 4.74 Å². The van der Waals surface area contributed by atoms with Gasteiger partial charge in [0.25, 0.3) is 0 Å². The SMILES string of the molecule is N#Cc1cc(Br)cc(Oc2cc(Cl)c(Cl)cc2Cl)c1. The molecule has 2 nitrogen and oxygen atoms in total. The molecule has 96 valence electrons. The fraction of sp³-hybridized carbons (Fsp3) is 0. The second-order valence-corrected chi connectivity index (χ2v) is 5.72. The monoisotopic (exact) mass is 375 g/mol. The lowest BCUT2D eigenvalue weighted by Gasteiger charge is -2.09. The Morgan fingerprint density at radius 1 is 0.947 bits per heavy atom. The summed E-state index contributed by atoms with van der Waals surface area (Å²) in [6.07, 6.45) is 0. The van der Waals surface area contributed by atoms with Crippen LogP contribution in [-0.2, 0) is 0 Å². The molecule has 0 radical (unpaired) electrons. The molecule has 6 heteroatoms. The van der Waals surface area contributed by atoms with E-state index in [0.717, 1.165) is 4.47 Å². The Hall–Kier alpha value is -0.920. The summed E-state index contributed by atoms with van der Waals surface area (Å²) in [6, 6.07) is 10.1. The Kier molecular flexibility index (Phi) is 4.59. The number of rotatable bonds is 2. The van der Waals surface area contributed by atoms with Gasteiger partial charge in [0.1, 0.15) is 11.5 Å². The van der Waals surface area contributed by atoms with Crippen LogP contribution in [0.5, 0.6) is 11.5 Å². The molecule has 0 atom stereocenters. The van der Waals surface area contributed by atoms with Gasteiger partial charge in [-0.3, -0.25) is 0 Å². The Balaban J connectivity index is 2.39. The van der Waals surface area contributed by atoms with Crippen LogP contribution in [0.1, 0.15) is 5.56 Å². The molecule has 19 heavy (non-hydrogen) atoms. The predicted octanol–water partition coefficient (Wildman–Crippen LogP) is 6.07. The smallest absolute Gasteiger partial charge is 0.147 e. The molecular formula is C13H5BrCl3NO. The Labute approximate surface area is 133 Å². The van der Waals surface area contributed by atoms with Crippen LogP contribution in [0.3, 0.4) is 0 Å². The third kappa shape index (κ3) is 3.55. The molecule has 0 unspecified atom stereocenters. The van der Waals surface area contributed by atoms with Crippen molar-refractivity contribution in [2.75, 3.05) is 0 Å². The first-order valence-corrected chi connectivity index (χ1v) is 6.95. The molecule has 0 saturated heterocycles. The minimum absolute atomic E-state index is 0.341. The van der Waals surface area contributed by atoms with Gasteiger partial charge in [0.15, 0.2) is 0 Å². The molecule has 0 aliphatic rings. The number of nitriles is 1.